The molecule has 3 nitrogen and oxygen atoms in total. The lowest BCUT2D eigenvalue weighted by atomic mass is 9.88. The summed E-state index contributed by atoms with van der Waals surface area (Å²) in [5.41, 5.74) is 5.29. The SMILES string of the molecule is NC(C(=O)O)C1(c2c(F)cccc2Br)CC1. The zero-order chi connectivity index (χ0) is 11.9. The molecule has 0 aliphatic heterocycles. The molecule has 0 radical (unpaired) electrons. The van der Waals surface area contributed by atoms with E-state index in [4.69, 9.17) is 10.8 Å². The molecule has 1 atom stereocenters. The highest BCUT2D eigenvalue weighted by Gasteiger charge is 2.54. The summed E-state index contributed by atoms with van der Waals surface area (Å²) in [6.45, 7) is 0. The summed E-state index contributed by atoms with van der Waals surface area (Å²) >= 11 is 3.25. The average molecular weight is 288 g/mol. The minimum atomic E-state index is -1.09. The fraction of sp³-hybridized carbons (Fsp3) is 0.364. The van der Waals surface area contributed by atoms with Crippen LogP contribution in [0.5, 0.6) is 0 Å². The van der Waals surface area contributed by atoms with Gasteiger partial charge < -0.3 is 10.8 Å². The third kappa shape index (κ3) is 1.64. The summed E-state index contributed by atoms with van der Waals surface area (Å²) in [6, 6.07) is 3.55. The number of aliphatic carboxylic acids is 1. The van der Waals surface area contributed by atoms with Crippen LogP contribution in [0.2, 0.25) is 0 Å². The number of nitrogens with two attached hydrogens (primary N) is 1. The van der Waals surface area contributed by atoms with E-state index in [1.54, 1.807) is 12.1 Å². The van der Waals surface area contributed by atoms with Crippen LogP contribution in [0.3, 0.4) is 0 Å². The summed E-state index contributed by atoms with van der Waals surface area (Å²) in [5.74, 6) is -1.49. The number of halogens is 2. The lowest BCUT2D eigenvalue weighted by Gasteiger charge is -2.22. The second-order valence-corrected chi connectivity index (χ2v) is 4.92. The molecule has 1 aliphatic rings. The van der Waals surface area contributed by atoms with Gasteiger partial charge >= 0.3 is 5.97 Å². The fourth-order valence-corrected chi connectivity index (χ4v) is 2.80. The van der Waals surface area contributed by atoms with Gasteiger partial charge in [0.1, 0.15) is 11.9 Å². The average Bonchev–Trinajstić information content (AvgIpc) is 2.97. The van der Waals surface area contributed by atoms with Gasteiger partial charge in [-0.3, -0.25) is 4.79 Å². The van der Waals surface area contributed by atoms with Crippen LogP contribution in [0, 0.1) is 5.82 Å². The van der Waals surface area contributed by atoms with Gasteiger partial charge in [-0.15, -0.1) is 0 Å². The Hall–Kier alpha value is -0.940. The molecule has 0 saturated heterocycles. The Morgan fingerprint density at radius 3 is 2.62 bits per heavy atom. The quantitative estimate of drug-likeness (QED) is 0.894. The first kappa shape index (κ1) is 11.5. The molecule has 0 spiro atoms. The maximum atomic E-state index is 13.7. The normalized spacial score (nSPS) is 19.2. The van der Waals surface area contributed by atoms with Gasteiger partial charge in [-0.25, -0.2) is 4.39 Å². The van der Waals surface area contributed by atoms with Crippen LogP contribution < -0.4 is 5.73 Å². The molecule has 5 heteroatoms. The number of benzene rings is 1. The lowest BCUT2D eigenvalue weighted by Crippen LogP contribution is -2.42. The van der Waals surface area contributed by atoms with Crippen molar-refractivity contribution in [1.29, 1.82) is 0 Å². The Balaban J connectivity index is 2.48. The van der Waals surface area contributed by atoms with Crippen molar-refractivity contribution in [3.05, 3.63) is 34.1 Å². The Morgan fingerprint density at radius 2 is 2.19 bits per heavy atom. The van der Waals surface area contributed by atoms with Crippen molar-refractivity contribution in [1.82, 2.24) is 0 Å². The second-order valence-electron chi connectivity index (χ2n) is 4.07. The predicted octanol–water partition coefficient (Wildman–Crippen LogP) is 2.03. The third-order valence-electron chi connectivity index (χ3n) is 3.11. The third-order valence-corrected chi connectivity index (χ3v) is 3.77. The summed E-state index contributed by atoms with van der Waals surface area (Å²) in [5, 5.41) is 8.94. The van der Waals surface area contributed by atoms with Gasteiger partial charge in [0.05, 0.1) is 0 Å². The van der Waals surface area contributed by atoms with Gasteiger partial charge in [0.2, 0.25) is 0 Å². The molecule has 0 amide bonds. The Bertz CT molecular complexity index is 425. The molecule has 0 bridgehead atoms. The maximum Gasteiger partial charge on any atom is 0.321 e. The smallest absolute Gasteiger partial charge is 0.321 e. The summed E-state index contributed by atoms with van der Waals surface area (Å²) in [7, 11) is 0. The predicted molar refractivity (Wildman–Crippen MR) is 60.6 cm³/mol. The van der Waals surface area contributed by atoms with Crippen LogP contribution >= 0.6 is 15.9 Å². The number of hydrogen-bond donors (Lipinski definition) is 2. The molecule has 86 valence electrons. The first-order valence-corrected chi connectivity index (χ1v) is 5.71. The van der Waals surface area contributed by atoms with Gasteiger partial charge in [-0.05, 0) is 25.0 Å². The highest BCUT2D eigenvalue weighted by molar-refractivity contribution is 9.10. The zero-order valence-corrected chi connectivity index (χ0v) is 10.00. The number of carboxylic acids is 1. The molecule has 1 saturated carbocycles. The number of rotatable bonds is 3. The van der Waals surface area contributed by atoms with Crippen molar-refractivity contribution in [2.45, 2.75) is 24.3 Å². The molecule has 2 rings (SSSR count). The molecule has 3 N–H and O–H groups in total. The summed E-state index contributed by atoms with van der Waals surface area (Å²) in [6.07, 6.45) is 1.22. The topological polar surface area (TPSA) is 63.3 Å². The Labute approximate surface area is 101 Å². The largest absolute Gasteiger partial charge is 0.480 e. The highest BCUT2D eigenvalue weighted by atomic mass is 79.9. The van der Waals surface area contributed by atoms with Crippen molar-refractivity contribution in [2.75, 3.05) is 0 Å². The zero-order valence-electron chi connectivity index (χ0n) is 8.41. The highest BCUT2D eigenvalue weighted by Crippen LogP contribution is 2.53. The summed E-state index contributed by atoms with van der Waals surface area (Å²) in [4.78, 5) is 10.9. The van der Waals surface area contributed by atoms with Crippen molar-refractivity contribution in [3.63, 3.8) is 0 Å². The standard InChI is InChI=1S/C11H11BrFNO2/c12-6-2-1-3-7(13)8(6)11(4-5-11)9(14)10(15)16/h1-3,9H,4-5,14H2,(H,15,16). The van der Waals surface area contributed by atoms with E-state index in [9.17, 15) is 9.18 Å². The minimum Gasteiger partial charge on any atom is -0.480 e. The maximum absolute atomic E-state index is 13.7. The molecular weight excluding hydrogens is 277 g/mol. The van der Waals surface area contributed by atoms with Gasteiger partial charge in [0, 0.05) is 15.5 Å². The van der Waals surface area contributed by atoms with Crippen molar-refractivity contribution in [3.8, 4) is 0 Å². The molecule has 16 heavy (non-hydrogen) atoms. The molecule has 1 unspecified atom stereocenters. The van der Waals surface area contributed by atoms with Crippen molar-refractivity contribution >= 4 is 21.9 Å². The van der Waals surface area contributed by atoms with E-state index in [2.05, 4.69) is 15.9 Å². The second kappa shape index (κ2) is 3.82. The fourth-order valence-electron chi connectivity index (χ4n) is 2.06. The number of hydrogen-bond acceptors (Lipinski definition) is 2. The van der Waals surface area contributed by atoms with E-state index in [0.717, 1.165) is 0 Å². The van der Waals surface area contributed by atoms with Crippen molar-refractivity contribution < 1.29 is 14.3 Å². The van der Waals surface area contributed by atoms with E-state index < -0.39 is 23.2 Å². The van der Waals surface area contributed by atoms with Crippen molar-refractivity contribution in [2.24, 2.45) is 5.73 Å². The van der Waals surface area contributed by atoms with E-state index >= 15 is 0 Å². The molecule has 1 fully saturated rings. The Kier molecular flexibility index (Phi) is 2.75. The first-order valence-electron chi connectivity index (χ1n) is 4.92. The summed E-state index contributed by atoms with van der Waals surface area (Å²) < 4.78 is 14.3. The monoisotopic (exact) mass is 287 g/mol. The van der Waals surface area contributed by atoms with Crippen LogP contribution in [-0.4, -0.2) is 17.1 Å². The van der Waals surface area contributed by atoms with Gasteiger partial charge in [0.15, 0.2) is 0 Å². The van der Waals surface area contributed by atoms with Crippen LogP contribution in [0.25, 0.3) is 0 Å². The van der Waals surface area contributed by atoms with E-state index in [0.29, 0.717) is 22.9 Å². The van der Waals surface area contributed by atoms with Gasteiger partial charge in [-0.1, -0.05) is 22.0 Å². The van der Waals surface area contributed by atoms with Crippen LogP contribution in [-0.2, 0) is 10.2 Å². The van der Waals surface area contributed by atoms with E-state index in [-0.39, 0.29) is 0 Å². The van der Waals surface area contributed by atoms with Crippen LogP contribution in [0.1, 0.15) is 18.4 Å². The molecule has 0 heterocycles. The van der Waals surface area contributed by atoms with Crippen LogP contribution in [0.4, 0.5) is 4.39 Å². The minimum absolute atomic E-state index is 0.393. The number of carbonyl (C=O) groups is 1. The lowest BCUT2D eigenvalue weighted by molar-refractivity contribution is -0.139. The first-order chi connectivity index (χ1) is 7.49. The van der Waals surface area contributed by atoms with E-state index in [1.807, 2.05) is 0 Å². The molecule has 1 aromatic carbocycles. The molecular formula is C11H11BrFNO2. The molecule has 1 aromatic rings. The Morgan fingerprint density at radius 1 is 1.56 bits per heavy atom. The molecule has 0 aromatic heterocycles. The van der Waals surface area contributed by atoms with E-state index in [1.165, 1.54) is 6.07 Å². The van der Waals surface area contributed by atoms with Gasteiger partial charge in [0.25, 0.3) is 0 Å². The van der Waals surface area contributed by atoms with Gasteiger partial charge in [-0.2, -0.15) is 0 Å². The molecule has 1 aliphatic carbocycles. The number of carboxylic acid groups (broad SMARTS) is 1. The van der Waals surface area contributed by atoms with Crippen LogP contribution in [0.15, 0.2) is 22.7 Å².